The average Bonchev–Trinajstić information content (AvgIpc) is 3.03. The molecular weight excluding hydrogens is 564 g/mol. The molecule has 0 aromatic heterocycles. The summed E-state index contributed by atoms with van der Waals surface area (Å²) in [5, 5.41) is 34.1. The zero-order chi connectivity index (χ0) is 31.6. The van der Waals surface area contributed by atoms with E-state index < -0.39 is 0 Å². The van der Waals surface area contributed by atoms with Crippen molar-refractivity contribution < 1.29 is 29.4 Å². The zero-order valence-electron chi connectivity index (χ0n) is 24.5. The molecule has 44 heavy (non-hydrogen) atoms. The summed E-state index contributed by atoms with van der Waals surface area (Å²) < 4.78 is 0. The normalized spacial score (nSPS) is 10.4. The van der Waals surface area contributed by atoms with Gasteiger partial charge in [-0.3, -0.25) is 9.59 Å². The minimum absolute atomic E-state index is 0.145. The van der Waals surface area contributed by atoms with Crippen molar-refractivity contribution >= 4 is 46.6 Å². The summed E-state index contributed by atoms with van der Waals surface area (Å²) in [5.74, 6) is -0.703. The minimum Gasteiger partial charge on any atom is -0.396 e. The van der Waals surface area contributed by atoms with E-state index in [1.54, 1.807) is 72.8 Å². The number of benzene rings is 3. The quantitative estimate of drug-likeness (QED) is 0.109. The highest BCUT2D eigenvalue weighted by atomic mass is 16.3. The molecule has 0 aliphatic rings. The van der Waals surface area contributed by atoms with Gasteiger partial charge in [0.25, 0.3) is 11.8 Å². The summed E-state index contributed by atoms with van der Waals surface area (Å²) in [6.45, 7) is 1.32. The third-order valence-electron chi connectivity index (χ3n) is 6.45. The van der Waals surface area contributed by atoms with Gasteiger partial charge in [-0.25, -0.2) is 9.59 Å². The number of hydrogen-bond donors (Lipinski definition) is 8. The lowest BCUT2D eigenvalue weighted by atomic mass is 10.1. The highest BCUT2D eigenvalue weighted by Crippen LogP contribution is 2.17. The van der Waals surface area contributed by atoms with Gasteiger partial charge in [0.15, 0.2) is 0 Å². The van der Waals surface area contributed by atoms with Crippen LogP contribution in [0.25, 0.3) is 0 Å². The second-order valence-electron chi connectivity index (χ2n) is 9.97. The Kier molecular flexibility index (Phi) is 14.2. The summed E-state index contributed by atoms with van der Waals surface area (Å²) in [6.07, 6.45) is 4.67. The number of hydrogen-bond acceptors (Lipinski definition) is 6. The fraction of sp³-hybridized carbons (Fsp3) is 0.312. The van der Waals surface area contributed by atoms with E-state index in [2.05, 4.69) is 31.9 Å². The van der Waals surface area contributed by atoms with E-state index in [0.717, 1.165) is 25.7 Å². The molecular formula is C32H40N6O6. The van der Waals surface area contributed by atoms with E-state index in [1.807, 2.05) is 0 Å². The summed E-state index contributed by atoms with van der Waals surface area (Å²) in [5.41, 5.74) is 2.96. The minimum atomic E-state index is -0.351. The van der Waals surface area contributed by atoms with Crippen molar-refractivity contribution in [3.63, 3.8) is 0 Å². The van der Waals surface area contributed by atoms with E-state index in [9.17, 15) is 19.2 Å². The molecule has 3 aromatic rings. The van der Waals surface area contributed by atoms with Crippen LogP contribution in [0.4, 0.5) is 32.3 Å². The summed E-state index contributed by atoms with van der Waals surface area (Å²) in [6, 6.07) is 19.0. The first kappa shape index (κ1) is 33.6. The Morgan fingerprint density at radius 1 is 0.432 bits per heavy atom. The molecule has 0 unspecified atom stereocenters. The Morgan fingerprint density at radius 2 is 0.750 bits per heavy atom. The van der Waals surface area contributed by atoms with Crippen LogP contribution in [0.15, 0.2) is 72.8 Å². The molecule has 0 saturated carbocycles. The van der Waals surface area contributed by atoms with Gasteiger partial charge in [0, 0.05) is 60.2 Å². The van der Waals surface area contributed by atoms with Crippen LogP contribution >= 0.6 is 0 Å². The van der Waals surface area contributed by atoms with E-state index in [4.69, 9.17) is 10.2 Å². The van der Waals surface area contributed by atoms with Crippen LogP contribution in [0, 0.1) is 0 Å². The third kappa shape index (κ3) is 12.1. The van der Waals surface area contributed by atoms with Gasteiger partial charge in [0.2, 0.25) is 0 Å². The number of urea groups is 2. The van der Waals surface area contributed by atoms with Crippen LogP contribution in [0.1, 0.15) is 59.2 Å². The maximum atomic E-state index is 12.7. The number of rotatable bonds is 16. The van der Waals surface area contributed by atoms with Gasteiger partial charge in [-0.15, -0.1) is 0 Å². The molecule has 0 bridgehead atoms. The van der Waals surface area contributed by atoms with Crippen molar-refractivity contribution in [1.82, 2.24) is 10.6 Å². The lowest BCUT2D eigenvalue weighted by Crippen LogP contribution is -2.29. The van der Waals surface area contributed by atoms with Gasteiger partial charge in [-0.05, 0) is 111 Å². The van der Waals surface area contributed by atoms with E-state index in [0.29, 0.717) is 59.8 Å². The first-order valence-electron chi connectivity index (χ1n) is 14.6. The Hall–Kier alpha value is -4.94. The van der Waals surface area contributed by atoms with Crippen molar-refractivity contribution in [2.45, 2.75) is 38.5 Å². The van der Waals surface area contributed by atoms with E-state index in [1.165, 1.54) is 0 Å². The monoisotopic (exact) mass is 604 g/mol. The molecule has 0 aliphatic heterocycles. The van der Waals surface area contributed by atoms with Crippen LogP contribution < -0.4 is 31.9 Å². The Balaban J connectivity index is 1.42. The first-order valence-corrected chi connectivity index (χ1v) is 14.6. The third-order valence-corrected chi connectivity index (χ3v) is 6.45. The number of aliphatic hydroxyl groups excluding tert-OH is 2. The zero-order valence-corrected chi connectivity index (χ0v) is 24.5. The maximum absolute atomic E-state index is 12.7. The topological polar surface area (TPSA) is 181 Å². The second kappa shape index (κ2) is 18.6. The molecule has 3 rings (SSSR count). The van der Waals surface area contributed by atoms with Gasteiger partial charge >= 0.3 is 12.1 Å². The Bertz CT molecular complexity index is 1240. The summed E-state index contributed by atoms with van der Waals surface area (Å²) in [7, 11) is 0. The van der Waals surface area contributed by atoms with Gasteiger partial charge in [0.1, 0.15) is 0 Å². The van der Waals surface area contributed by atoms with Gasteiger partial charge in [0.05, 0.1) is 0 Å². The van der Waals surface area contributed by atoms with Crippen LogP contribution in [0.2, 0.25) is 0 Å². The SMILES string of the molecule is O=C(NCCCCCO)Nc1ccc(NC(=O)c2ccc(C(=O)Nc3ccc(NC(=O)NCCCCCO)cc3)cc2)cc1. The van der Waals surface area contributed by atoms with Gasteiger partial charge < -0.3 is 42.1 Å². The molecule has 0 aliphatic carbocycles. The fourth-order valence-corrected chi connectivity index (χ4v) is 4.03. The number of carbonyl (C=O) groups is 4. The van der Waals surface area contributed by atoms with Crippen LogP contribution in [0.3, 0.4) is 0 Å². The van der Waals surface area contributed by atoms with E-state index >= 15 is 0 Å². The van der Waals surface area contributed by atoms with Gasteiger partial charge in [-0.1, -0.05) is 0 Å². The molecule has 8 N–H and O–H groups in total. The largest absolute Gasteiger partial charge is 0.396 e. The Labute approximate surface area is 256 Å². The Morgan fingerprint density at radius 3 is 1.07 bits per heavy atom. The fourth-order valence-electron chi connectivity index (χ4n) is 4.03. The summed E-state index contributed by atoms with van der Waals surface area (Å²) in [4.78, 5) is 49.4. The number of unbranched alkanes of at least 4 members (excludes halogenated alkanes) is 4. The highest BCUT2D eigenvalue weighted by Gasteiger charge is 2.11. The van der Waals surface area contributed by atoms with E-state index in [-0.39, 0.29) is 37.1 Å². The molecule has 3 aromatic carbocycles. The second-order valence-corrected chi connectivity index (χ2v) is 9.97. The van der Waals surface area contributed by atoms with Crippen molar-refractivity contribution in [2.24, 2.45) is 0 Å². The van der Waals surface area contributed by atoms with Crippen LogP contribution in [-0.2, 0) is 0 Å². The molecule has 0 atom stereocenters. The predicted molar refractivity (Wildman–Crippen MR) is 171 cm³/mol. The number of carbonyl (C=O) groups excluding carboxylic acids is 4. The number of nitrogens with one attached hydrogen (secondary N) is 6. The van der Waals surface area contributed by atoms with Crippen molar-refractivity contribution in [3.8, 4) is 0 Å². The molecule has 0 spiro atoms. The smallest absolute Gasteiger partial charge is 0.319 e. The maximum Gasteiger partial charge on any atom is 0.319 e. The number of aliphatic hydroxyl groups is 2. The van der Waals surface area contributed by atoms with Crippen molar-refractivity contribution in [1.29, 1.82) is 0 Å². The van der Waals surface area contributed by atoms with Crippen molar-refractivity contribution in [3.05, 3.63) is 83.9 Å². The average molecular weight is 605 g/mol. The molecule has 12 nitrogen and oxygen atoms in total. The molecule has 0 saturated heterocycles. The lowest BCUT2D eigenvalue weighted by Gasteiger charge is -2.10. The molecule has 6 amide bonds. The lowest BCUT2D eigenvalue weighted by molar-refractivity contribution is 0.101. The van der Waals surface area contributed by atoms with Crippen molar-refractivity contribution in [2.75, 3.05) is 47.6 Å². The number of amides is 6. The predicted octanol–water partition coefficient (Wildman–Crippen LogP) is 4.76. The summed E-state index contributed by atoms with van der Waals surface area (Å²) >= 11 is 0. The van der Waals surface area contributed by atoms with Crippen LogP contribution in [0.5, 0.6) is 0 Å². The van der Waals surface area contributed by atoms with Crippen LogP contribution in [-0.4, -0.2) is 60.4 Å². The standard InChI is InChI=1S/C32H40N6O6/c39-21-5-1-3-19-33-31(43)37-27-15-11-25(12-16-27)35-29(41)23-7-9-24(10-8-23)30(42)36-26-13-17-28(18-14-26)38-32(44)34-20-4-2-6-22-40/h7-18,39-40H,1-6,19-22H2,(H,35,41)(H,36,42)(H2,33,37,43)(H2,34,38,44). The number of anilines is 4. The van der Waals surface area contributed by atoms with Gasteiger partial charge in [-0.2, -0.15) is 0 Å². The molecule has 12 heteroatoms. The molecule has 0 radical (unpaired) electrons. The highest BCUT2D eigenvalue weighted by molar-refractivity contribution is 6.07. The molecule has 234 valence electrons. The molecule has 0 fully saturated rings. The first-order chi connectivity index (χ1) is 21.4. The molecule has 0 heterocycles.